The topological polar surface area (TPSA) is 58.6 Å². The van der Waals surface area contributed by atoms with Gasteiger partial charge in [-0.05, 0) is 17.9 Å². The molecule has 2 N–H and O–H groups in total. The maximum Gasteiger partial charge on any atom is 0.338 e. The zero-order chi connectivity index (χ0) is 15.0. The molecule has 0 fully saturated rings. The van der Waals surface area contributed by atoms with Gasteiger partial charge in [0, 0.05) is 17.1 Å². The molecule has 0 atom stereocenters. The maximum absolute atomic E-state index is 11.9. The summed E-state index contributed by atoms with van der Waals surface area (Å²) < 4.78 is 28.5. The second-order valence-corrected chi connectivity index (χ2v) is 5.12. The van der Waals surface area contributed by atoms with Gasteiger partial charge < -0.3 is 15.2 Å². The summed E-state index contributed by atoms with van der Waals surface area (Å²) in [6, 6.07) is 5.15. The molecule has 0 saturated carbocycles. The molecule has 0 spiro atoms. The first-order valence-corrected chi connectivity index (χ1v) is 7.13. The highest BCUT2D eigenvalue weighted by atomic mass is 32.2. The van der Waals surface area contributed by atoms with Gasteiger partial charge in [-0.15, -0.1) is 11.8 Å². The number of rotatable bonds is 9. The monoisotopic (exact) mass is 305 g/mol. The molecule has 0 aliphatic heterocycles. The van der Waals surface area contributed by atoms with Crippen LogP contribution >= 0.6 is 11.8 Å². The lowest BCUT2D eigenvalue weighted by Gasteiger charge is -2.13. The van der Waals surface area contributed by atoms with Crippen molar-refractivity contribution in [1.29, 1.82) is 0 Å². The average molecular weight is 305 g/mol. The van der Waals surface area contributed by atoms with Gasteiger partial charge in [0.25, 0.3) is 6.43 Å². The predicted octanol–water partition coefficient (Wildman–Crippen LogP) is 3.19. The third-order valence-corrected chi connectivity index (χ3v) is 3.29. The number of carboxylic acids is 1. The summed E-state index contributed by atoms with van der Waals surface area (Å²) in [5, 5.41) is 12.2. The van der Waals surface area contributed by atoms with Gasteiger partial charge in [-0.1, -0.05) is 13.0 Å². The largest absolute Gasteiger partial charge is 0.478 e. The fourth-order valence-electron chi connectivity index (χ4n) is 1.61. The van der Waals surface area contributed by atoms with E-state index in [4.69, 9.17) is 4.74 Å². The number of carboxylic acid groups (broad SMARTS) is 1. The quantitative estimate of drug-likeness (QED) is 0.542. The van der Waals surface area contributed by atoms with Crippen LogP contribution in [0.2, 0.25) is 0 Å². The molecule has 0 unspecified atom stereocenters. The van der Waals surface area contributed by atoms with E-state index < -0.39 is 19.0 Å². The Morgan fingerprint density at radius 1 is 1.50 bits per heavy atom. The lowest BCUT2D eigenvalue weighted by atomic mass is 10.2. The Kier molecular flexibility index (Phi) is 7.32. The fourth-order valence-corrected chi connectivity index (χ4v) is 2.43. The Labute approximate surface area is 120 Å². The van der Waals surface area contributed by atoms with Crippen LogP contribution < -0.4 is 5.32 Å². The fraction of sp³-hybridized carbons (Fsp3) is 0.462. The highest BCUT2D eigenvalue weighted by Crippen LogP contribution is 2.28. The summed E-state index contributed by atoms with van der Waals surface area (Å²) in [6.45, 7) is 1.69. The Morgan fingerprint density at radius 2 is 2.25 bits per heavy atom. The van der Waals surface area contributed by atoms with Gasteiger partial charge in [-0.2, -0.15) is 0 Å². The molecule has 4 nitrogen and oxygen atoms in total. The van der Waals surface area contributed by atoms with Gasteiger partial charge in [0.1, 0.15) is 6.61 Å². The first-order chi connectivity index (χ1) is 9.56. The third-order valence-electron chi connectivity index (χ3n) is 2.35. The molecule has 0 radical (unpaired) electrons. The number of hydrogen-bond acceptors (Lipinski definition) is 4. The lowest BCUT2D eigenvalue weighted by molar-refractivity contribution is 0.0215. The highest BCUT2D eigenvalue weighted by molar-refractivity contribution is 7.99. The summed E-state index contributed by atoms with van der Waals surface area (Å²) >= 11 is 1.44. The van der Waals surface area contributed by atoms with Crippen LogP contribution in [0.25, 0.3) is 0 Å². The number of ether oxygens (including phenoxy) is 1. The second kappa shape index (κ2) is 8.76. The van der Waals surface area contributed by atoms with Gasteiger partial charge in [0.15, 0.2) is 0 Å². The van der Waals surface area contributed by atoms with E-state index >= 15 is 0 Å². The third kappa shape index (κ3) is 5.34. The van der Waals surface area contributed by atoms with Crippen LogP contribution in [0, 0.1) is 0 Å². The van der Waals surface area contributed by atoms with Crippen molar-refractivity contribution < 1.29 is 23.4 Å². The number of halogens is 2. The molecule has 0 amide bonds. The molecular formula is C13H17F2NO3S. The normalized spacial score (nSPS) is 10.8. The van der Waals surface area contributed by atoms with Crippen molar-refractivity contribution in [3.05, 3.63) is 23.8 Å². The number of alkyl halides is 2. The van der Waals surface area contributed by atoms with Gasteiger partial charge in [0.2, 0.25) is 0 Å². The minimum absolute atomic E-state index is 0.0918. The van der Waals surface area contributed by atoms with Crippen molar-refractivity contribution in [1.82, 2.24) is 0 Å². The number of anilines is 1. The van der Waals surface area contributed by atoms with Crippen LogP contribution in [-0.4, -0.2) is 43.0 Å². The van der Waals surface area contributed by atoms with Crippen LogP contribution in [0.4, 0.5) is 14.5 Å². The van der Waals surface area contributed by atoms with Crippen LogP contribution in [0.3, 0.4) is 0 Å². The standard InChI is InChI=1S/C13H17F2NO3S/c1-2-20-10-5-3-4-9(12(10)13(17)18)16-6-7-19-8-11(14)15/h3-5,11,16H,2,6-8H2,1H3,(H,17,18). The van der Waals surface area contributed by atoms with E-state index in [9.17, 15) is 18.7 Å². The molecule has 1 rings (SSSR count). The van der Waals surface area contributed by atoms with Crippen molar-refractivity contribution in [3.8, 4) is 0 Å². The first kappa shape index (κ1) is 16.7. The number of thioether (sulfide) groups is 1. The Hall–Kier alpha value is -1.34. The molecule has 0 saturated heterocycles. The van der Waals surface area contributed by atoms with Crippen molar-refractivity contribution in [3.63, 3.8) is 0 Å². The number of benzene rings is 1. The first-order valence-electron chi connectivity index (χ1n) is 6.15. The molecule has 0 aliphatic carbocycles. The van der Waals surface area contributed by atoms with E-state index in [1.165, 1.54) is 11.8 Å². The summed E-state index contributed by atoms with van der Waals surface area (Å²) in [4.78, 5) is 12.0. The van der Waals surface area contributed by atoms with Crippen LogP contribution in [-0.2, 0) is 4.74 Å². The molecule has 0 bridgehead atoms. The molecule has 0 aliphatic rings. The zero-order valence-electron chi connectivity index (χ0n) is 11.1. The van der Waals surface area contributed by atoms with E-state index in [2.05, 4.69) is 5.32 Å². The summed E-state index contributed by atoms with van der Waals surface area (Å²) in [6.07, 6.45) is -2.49. The molecule has 0 heterocycles. The number of nitrogens with one attached hydrogen (secondary N) is 1. The van der Waals surface area contributed by atoms with Crippen molar-refractivity contribution in [2.45, 2.75) is 18.2 Å². The second-order valence-electron chi connectivity index (χ2n) is 3.81. The van der Waals surface area contributed by atoms with Gasteiger partial charge in [-0.25, -0.2) is 13.6 Å². The van der Waals surface area contributed by atoms with Crippen molar-refractivity contribution >= 4 is 23.4 Å². The molecule has 20 heavy (non-hydrogen) atoms. The minimum Gasteiger partial charge on any atom is -0.478 e. The number of aromatic carboxylic acids is 1. The van der Waals surface area contributed by atoms with Crippen LogP contribution in [0.5, 0.6) is 0 Å². The van der Waals surface area contributed by atoms with E-state index in [1.54, 1.807) is 18.2 Å². The summed E-state index contributed by atoms with van der Waals surface area (Å²) in [5.41, 5.74) is 0.671. The Balaban J connectivity index is 2.64. The Bertz CT molecular complexity index is 444. The molecular weight excluding hydrogens is 288 g/mol. The van der Waals surface area contributed by atoms with E-state index in [-0.39, 0.29) is 18.7 Å². The van der Waals surface area contributed by atoms with Gasteiger partial charge in [-0.3, -0.25) is 0 Å². The molecule has 112 valence electrons. The zero-order valence-corrected chi connectivity index (χ0v) is 11.9. The molecule has 7 heteroatoms. The van der Waals surface area contributed by atoms with Crippen molar-refractivity contribution in [2.24, 2.45) is 0 Å². The summed E-state index contributed by atoms with van der Waals surface area (Å²) in [5.74, 6) is -0.251. The highest BCUT2D eigenvalue weighted by Gasteiger charge is 2.15. The number of hydrogen-bond donors (Lipinski definition) is 2. The average Bonchev–Trinajstić information content (AvgIpc) is 2.38. The SMILES string of the molecule is CCSc1cccc(NCCOCC(F)F)c1C(=O)O. The molecule has 1 aromatic carbocycles. The van der Waals surface area contributed by atoms with Gasteiger partial charge >= 0.3 is 5.97 Å². The van der Waals surface area contributed by atoms with Crippen LogP contribution in [0.1, 0.15) is 17.3 Å². The minimum atomic E-state index is -2.49. The smallest absolute Gasteiger partial charge is 0.338 e. The maximum atomic E-state index is 11.9. The van der Waals surface area contributed by atoms with E-state index in [1.807, 2.05) is 6.92 Å². The molecule has 0 aromatic heterocycles. The van der Waals surface area contributed by atoms with Crippen LogP contribution in [0.15, 0.2) is 23.1 Å². The van der Waals surface area contributed by atoms with E-state index in [0.717, 1.165) is 5.75 Å². The van der Waals surface area contributed by atoms with E-state index in [0.29, 0.717) is 10.6 Å². The predicted molar refractivity (Wildman–Crippen MR) is 75.1 cm³/mol. The number of carbonyl (C=O) groups is 1. The Morgan fingerprint density at radius 3 is 2.85 bits per heavy atom. The molecule has 1 aromatic rings. The lowest BCUT2D eigenvalue weighted by Crippen LogP contribution is -2.15. The van der Waals surface area contributed by atoms with Crippen molar-refractivity contribution in [2.75, 3.05) is 30.8 Å². The van der Waals surface area contributed by atoms with Gasteiger partial charge in [0.05, 0.1) is 12.2 Å². The summed E-state index contributed by atoms with van der Waals surface area (Å²) in [7, 11) is 0.